The summed E-state index contributed by atoms with van der Waals surface area (Å²) in [5.41, 5.74) is -5.20. The van der Waals surface area contributed by atoms with E-state index in [9.17, 15) is 34.5 Å². The van der Waals surface area contributed by atoms with E-state index in [-0.39, 0.29) is 36.1 Å². The van der Waals surface area contributed by atoms with Crippen LogP contribution in [0.15, 0.2) is 35.6 Å². The Labute approximate surface area is 229 Å². The van der Waals surface area contributed by atoms with E-state index in [1.54, 1.807) is 27.7 Å². The van der Waals surface area contributed by atoms with Crippen molar-refractivity contribution in [2.24, 2.45) is 39.4 Å². The normalized spacial score (nSPS) is 44.3. The number of aliphatic hydroxyl groups excluding tert-OH is 2. The molecule has 0 bridgehead atoms. The lowest BCUT2D eigenvalue weighted by molar-refractivity contribution is -0.247. The number of allylic oxidation sites excluding steroid dienone is 4. The summed E-state index contributed by atoms with van der Waals surface area (Å²) in [6.45, 7) is 12.1. The number of carbonyl (C=O) groups excluding carboxylic acids is 4. The fourth-order valence-electron chi connectivity index (χ4n) is 9.47. The van der Waals surface area contributed by atoms with Crippen molar-refractivity contribution >= 4 is 23.3 Å². The summed E-state index contributed by atoms with van der Waals surface area (Å²) >= 11 is 0. The van der Waals surface area contributed by atoms with E-state index in [0.29, 0.717) is 12.8 Å². The molecule has 1 spiro atoms. The van der Waals surface area contributed by atoms with Crippen molar-refractivity contribution in [3.63, 3.8) is 0 Å². The summed E-state index contributed by atoms with van der Waals surface area (Å²) in [6.07, 6.45) is 6.25. The van der Waals surface area contributed by atoms with E-state index in [4.69, 9.17) is 4.74 Å². The first kappa shape index (κ1) is 28.0. The van der Waals surface area contributed by atoms with Crippen molar-refractivity contribution in [3.8, 4) is 0 Å². The van der Waals surface area contributed by atoms with E-state index in [1.165, 1.54) is 25.2 Å². The Morgan fingerprint density at radius 3 is 2.41 bits per heavy atom. The van der Waals surface area contributed by atoms with Crippen molar-refractivity contribution in [3.05, 3.63) is 35.6 Å². The van der Waals surface area contributed by atoms with Crippen molar-refractivity contribution < 1.29 is 39.2 Å². The van der Waals surface area contributed by atoms with E-state index < -0.39 is 62.6 Å². The van der Waals surface area contributed by atoms with Gasteiger partial charge in [-0.15, -0.1) is 0 Å². The van der Waals surface area contributed by atoms with E-state index in [1.807, 2.05) is 13.0 Å². The van der Waals surface area contributed by atoms with Gasteiger partial charge in [0.2, 0.25) is 5.78 Å². The SMILES string of the molecule is CC(=O)OC(C)(C)/C=C/C(=O)[C@@]1(O)C[C@]23CC(=O)[C@@]4(C)[C@@H]5C=C(O)C(=O)C(C)(C)C5=CC[C@H]4[C@]2(C)C[C@@H](O)[C@@H]31. The zero-order valence-electron chi connectivity index (χ0n) is 23.8. The number of fused-ring (bicyclic) bond motifs is 4. The minimum Gasteiger partial charge on any atom is -0.505 e. The number of aliphatic hydroxyl groups is 3. The number of carbonyl (C=O) groups is 4. The smallest absolute Gasteiger partial charge is 0.303 e. The summed E-state index contributed by atoms with van der Waals surface area (Å²) in [5.74, 6) is -3.26. The first-order valence-electron chi connectivity index (χ1n) is 13.8. The minimum absolute atomic E-state index is 0.0325. The predicted molar refractivity (Wildman–Crippen MR) is 141 cm³/mol. The van der Waals surface area contributed by atoms with Gasteiger partial charge >= 0.3 is 5.97 Å². The number of rotatable bonds is 4. The second-order valence-corrected chi connectivity index (χ2v) is 14.1. The van der Waals surface area contributed by atoms with Crippen LogP contribution in [0.1, 0.15) is 74.1 Å². The van der Waals surface area contributed by atoms with Gasteiger partial charge in [0.05, 0.1) is 11.5 Å². The van der Waals surface area contributed by atoms with E-state index >= 15 is 0 Å². The van der Waals surface area contributed by atoms with Gasteiger partial charge in [0.15, 0.2) is 11.5 Å². The zero-order valence-corrected chi connectivity index (χ0v) is 23.8. The minimum atomic E-state index is -1.83. The van der Waals surface area contributed by atoms with Crippen LogP contribution in [0.3, 0.4) is 0 Å². The summed E-state index contributed by atoms with van der Waals surface area (Å²) in [4.78, 5) is 51.7. The fourth-order valence-corrected chi connectivity index (χ4v) is 9.47. The Hall–Kier alpha value is -2.58. The van der Waals surface area contributed by atoms with Crippen LogP contribution >= 0.6 is 0 Å². The summed E-state index contributed by atoms with van der Waals surface area (Å²) in [7, 11) is 0. The van der Waals surface area contributed by atoms with Gasteiger partial charge < -0.3 is 20.1 Å². The highest BCUT2D eigenvalue weighted by molar-refractivity contribution is 6.02. The number of hydrogen-bond acceptors (Lipinski definition) is 8. The Balaban J connectivity index is 1.52. The van der Waals surface area contributed by atoms with E-state index in [2.05, 4.69) is 6.92 Å². The van der Waals surface area contributed by atoms with Crippen LogP contribution in [0.2, 0.25) is 0 Å². The van der Waals surface area contributed by atoms with Crippen molar-refractivity contribution in [1.29, 1.82) is 0 Å². The van der Waals surface area contributed by atoms with Crippen LogP contribution in [0.25, 0.3) is 0 Å². The number of esters is 1. The first-order valence-corrected chi connectivity index (χ1v) is 13.8. The lowest BCUT2D eigenvalue weighted by Gasteiger charge is -2.69. The molecule has 212 valence electrons. The summed E-state index contributed by atoms with van der Waals surface area (Å²) < 4.78 is 5.21. The molecule has 0 saturated heterocycles. The van der Waals surface area contributed by atoms with Crippen molar-refractivity contribution in [1.82, 2.24) is 0 Å². The van der Waals surface area contributed by atoms with Gasteiger partial charge in [-0.3, -0.25) is 19.2 Å². The molecule has 3 saturated carbocycles. The Morgan fingerprint density at radius 1 is 1.15 bits per heavy atom. The summed E-state index contributed by atoms with van der Waals surface area (Å²) in [5, 5.41) is 33.6. The number of Topliss-reactive ketones (excluding diaryl/α,β-unsaturated/α-hetero) is 2. The maximum absolute atomic E-state index is 14.2. The Bertz CT molecular complexity index is 1290. The lowest BCUT2D eigenvalue weighted by Crippen LogP contribution is -2.73. The first-order chi connectivity index (χ1) is 17.8. The molecule has 0 radical (unpaired) electrons. The molecular formula is C31H40O8. The third-order valence-corrected chi connectivity index (χ3v) is 11.3. The molecule has 0 aromatic carbocycles. The molecule has 3 N–H and O–H groups in total. The monoisotopic (exact) mass is 540 g/mol. The topological polar surface area (TPSA) is 138 Å². The van der Waals surface area contributed by atoms with Gasteiger partial charge in [-0.2, -0.15) is 0 Å². The van der Waals surface area contributed by atoms with Crippen LogP contribution in [0, 0.1) is 39.4 Å². The highest BCUT2D eigenvalue weighted by Crippen LogP contribution is 2.80. The van der Waals surface area contributed by atoms with Gasteiger partial charge in [-0.25, -0.2) is 0 Å². The molecule has 5 rings (SSSR count). The molecule has 0 aliphatic heterocycles. The predicted octanol–water partition coefficient (Wildman–Crippen LogP) is 3.55. The van der Waals surface area contributed by atoms with E-state index in [0.717, 1.165) is 5.57 Å². The lowest BCUT2D eigenvalue weighted by atomic mass is 9.33. The van der Waals surface area contributed by atoms with Crippen LogP contribution in [0.5, 0.6) is 0 Å². The number of ketones is 3. The van der Waals surface area contributed by atoms with Crippen LogP contribution < -0.4 is 0 Å². The number of ether oxygens (including phenoxy) is 1. The second kappa shape index (κ2) is 8.00. The van der Waals surface area contributed by atoms with Crippen LogP contribution in [-0.4, -0.2) is 55.9 Å². The maximum Gasteiger partial charge on any atom is 0.303 e. The largest absolute Gasteiger partial charge is 0.505 e. The second-order valence-electron chi connectivity index (χ2n) is 14.1. The quantitative estimate of drug-likeness (QED) is 0.280. The van der Waals surface area contributed by atoms with Crippen molar-refractivity contribution in [2.45, 2.75) is 91.5 Å². The molecule has 5 aliphatic carbocycles. The fraction of sp³-hybridized carbons (Fsp3) is 0.677. The van der Waals surface area contributed by atoms with Gasteiger partial charge in [0, 0.05) is 30.6 Å². The molecule has 0 heterocycles. The molecule has 5 aliphatic rings. The third kappa shape index (κ3) is 3.37. The number of hydrogen-bond donors (Lipinski definition) is 3. The van der Waals surface area contributed by atoms with Gasteiger partial charge in [0.25, 0.3) is 0 Å². The average Bonchev–Trinajstić information content (AvgIpc) is 2.97. The standard InChI is InChI=1S/C31H40O8/c1-16(32)39-26(2,3)11-10-22(35)31(38)15-30-14-23(36)29(7)18-12-19(33)25(37)27(4,5)17(18)8-9-21(29)28(30,6)13-20(34)24(30)31/h8,10-12,18,20-21,24,33-34,38H,9,13-15H2,1-7H3/b11-10+/t18-,20-,21+,24+,28+,29+,30+,31+/m1/s1. The molecule has 0 aromatic rings. The summed E-state index contributed by atoms with van der Waals surface area (Å²) in [6, 6.07) is 0. The maximum atomic E-state index is 14.2. The third-order valence-electron chi connectivity index (χ3n) is 11.3. The molecule has 3 fully saturated rings. The molecule has 39 heavy (non-hydrogen) atoms. The molecule has 0 aromatic heterocycles. The van der Waals surface area contributed by atoms with Gasteiger partial charge in [0.1, 0.15) is 17.0 Å². The molecule has 8 heteroatoms. The zero-order chi connectivity index (χ0) is 29.1. The average molecular weight is 541 g/mol. The Kier molecular flexibility index (Phi) is 5.74. The molecule has 8 nitrogen and oxygen atoms in total. The Morgan fingerprint density at radius 2 is 1.79 bits per heavy atom. The van der Waals surface area contributed by atoms with Gasteiger partial charge in [-0.05, 0) is 81.9 Å². The van der Waals surface area contributed by atoms with Crippen molar-refractivity contribution in [2.75, 3.05) is 0 Å². The highest BCUT2D eigenvalue weighted by atomic mass is 16.6. The molecular weight excluding hydrogens is 500 g/mol. The molecule has 0 unspecified atom stereocenters. The molecule has 8 atom stereocenters. The molecule has 0 amide bonds. The van der Waals surface area contributed by atoms with Crippen LogP contribution in [0.4, 0.5) is 0 Å². The van der Waals surface area contributed by atoms with Crippen LogP contribution in [-0.2, 0) is 23.9 Å². The highest BCUT2D eigenvalue weighted by Gasteiger charge is 2.82. The van der Waals surface area contributed by atoms with Gasteiger partial charge in [-0.1, -0.05) is 25.5 Å².